The molecule has 0 N–H and O–H groups in total. The summed E-state index contributed by atoms with van der Waals surface area (Å²) in [6.45, 7) is 7.45. The highest BCUT2D eigenvalue weighted by Crippen LogP contribution is 2.18. The predicted octanol–water partition coefficient (Wildman–Crippen LogP) is 8.49. The summed E-state index contributed by atoms with van der Waals surface area (Å²) in [5.41, 5.74) is 0.479. The molecule has 0 saturated carbocycles. The first-order valence-corrected chi connectivity index (χ1v) is 12.0. The SMILES string of the molecule is C=C(C)C(=O)OC(CCCCCCCF)CCCCCCCCCCCCC. The number of alkyl halides is 1. The molecule has 0 bridgehead atoms. The van der Waals surface area contributed by atoms with E-state index >= 15 is 0 Å². The van der Waals surface area contributed by atoms with E-state index < -0.39 is 0 Å². The second-order valence-corrected chi connectivity index (χ2v) is 8.38. The van der Waals surface area contributed by atoms with Gasteiger partial charge in [-0.3, -0.25) is 4.39 Å². The van der Waals surface area contributed by atoms with Crippen molar-refractivity contribution in [3.8, 4) is 0 Å². The lowest BCUT2D eigenvalue weighted by Gasteiger charge is -2.18. The summed E-state index contributed by atoms with van der Waals surface area (Å²) in [5, 5.41) is 0. The summed E-state index contributed by atoms with van der Waals surface area (Å²) in [4.78, 5) is 11.9. The van der Waals surface area contributed by atoms with E-state index in [-0.39, 0.29) is 18.7 Å². The van der Waals surface area contributed by atoms with Gasteiger partial charge in [-0.1, -0.05) is 97.0 Å². The Bertz CT molecular complexity index is 368. The Hall–Kier alpha value is -0.860. The topological polar surface area (TPSA) is 26.3 Å². The van der Waals surface area contributed by atoms with E-state index in [1.165, 1.54) is 64.2 Å². The van der Waals surface area contributed by atoms with Crippen molar-refractivity contribution >= 4 is 5.97 Å². The van der Waals surface area contributed by atoms with Crippen LogP contribution in [0.25, 0.3) is 0 Å². The van der Waals surface area contributed by atoms with Crippen molar-refractivity contribution in [1.82, 2.24) is 0 Å². The fourth-order valence-corrected chi connectivity index (χ4v) is 3.55. The van der Waals surface area contributed by atoms with Crippen LogP contribution in [0.2, 0.25) is 0 Å². The van der Waals surface area contributed by atoms with Gasteiger partial charge in [-0.25, -0.2) is 4.79 Å². The normalized spacial score (nSPS) is 12.1. The largest absolute Gasteiger partial charge is 0.459 e. The second-order valence-electron chi connectivity index (χ2n) is 8.38. The Kier molecular flexibility index (Phi) is 20.2. The fourth-order valence-electron chi connectivity index (χ4n) is 3.55. The van der Waals surface area contributed by atoms with Gasteiger partial charge in [0.05, 0.1) is 6.67 Å². The Morgan fingerprint density at radius 1 is 0.750 bits per heavy atom. The highest BCUT2D eigenvalue weighted by atomic mass is 19.1. The van der Waals surface area contributed by atoms with Gasteiger partial charge in [-0.15, -0.1) is 0 Å². The third-order valence-electron chi connectivity index (χ3n) is 5.41. The molecule has 166 valence electrons. The van der Waals surface area contributed by atoms with Crippen molar-refractivity contribution in [1.29, 1.82) is 0 Å². The van der Waals surface area contributed by atoms with Crippen LogP contribution in [-0.2, 0) is 9.53 Å². The van der Waals surface area contributed by atoms with E-state index in [4.69, 9.17) is 4.74 Å². The summed E-state index contributed by atoms with van der Waals surface area (Å²) in [6.07, 6.45) is 21.4. The van der Waals surface area contributed by atoms with Gasteiger partial charge < -0.3 is 4.74 Å². The van der Waals surface area contributed by atoms with Crippen LogP contribution in [0, 0.1) is 0 Å². The maximum absolute atomic E-state index is 12.1. The maximum atomic E-state index is 12.1. The number of ether oxygens (including phenoxy) is 1. The van der Waals surface area contributed by atoms with Gasteiger partial charge in [-0.05, 0) is 39.0 Å². The first-order chi connectivity index (χ1) is 13.6. The number of rotatable bonds is 21. The Balaban J connectivity index is 3.79. The predicted molar refractivity (Wildman–Crippen MR) is 119 cm³/mol. The molecule has 0 heterocycles. The third-order valence-corrected chi connectivity index (χ3v) is 5.41. The number of esters is 1. The first kappa shape index (κ1) is 27.1. The molecule has 0 fully saturated rings. The van der Waals surface area contributed by atoms with Crippen LogP contribution >= 0.6 is 0 Å². The van der Waals surface area contributed by atoms with Crippen LogP contribution < -0.4 is 0 Å². The summed E-state index contributed by atoms with van der Waals surface area (Å²) < 4.78 is 17.8. The van der Waals surface area contributed by atoms with Gasteiger partial charge in [-0.2, -0.15) is 0 Å². The lowest BCUT2D eigenvalue weighted by atomic mass is 10.0. The van der Waals surface area contributed by atoms with Crippen molar-refractivity contribution in [3.05, 3.63) is 12.2 Å². The van der Waals surface area contributed by atoms with E-state index in [9.17, 15) is 9.18 Å². The van der Waals surface area contributed by atoms with E-state index in [1.807, 2.05) is 0 Å². The zero-order valence-electron chi connectivity index (χ0n) is 18.9. The molecule has 0 aliphatic heterocycles. The lowest BCUT2D eigenvalue weighted by molar-refractivity contribution is -0.145. The van der Waals surface area contributed by atoms with E-state index in [2.05, 4.69) is 13.5 Å². The Labute approximate surface area is 174 Å². The van der Waals surface area contributed by atoms with E-state index in [0.29, 0.717) is 12.0 Å². The molecule has 1 atom stereocenters. The quantitative estimate of drug-likeness (QED) is 0.110. The molecule has 0 amide bonds. The van der Waals surface area contributed by atoms with Gasteiger partial charge in [0.1, 0.15) is 6.10 Å². The molecule has 1 unspecified atom stereocenters. The zero-order valence-corrected chi connectivity index (χ0v) is 18.9. The van der Waals surface area contributed by atoms with Crippen molar-refractivity contribution in [2.45, 2.75) is 136 Å². The number of carbonyl (C=O) groups is 1. The van der Waals surface area contributed by atoms with Crippen LogP contribution in [0.4, 0.5) is 4.39 Å². The molecule has 0 aromatic carbocycles. The van der Waals surface area contributed by atoms with Gasteiger partial charge in [0.2, 0.25) is 0 Å². The summed E-state index contributed by atoms with van der Waals surface area (Å²) in [7, 11) is 0. The zero-order chi connectivity index (χ0) is 20.9. The third kappa shape index (κ3) is 18.5. The molecule has 0 rings (SSSR count). The van der Waals surface area contributed by atoms with Crippen molar-refractivity contribution in [2.24, 2.45) is 0 Å². The minimum atomic E-state index is -0.259. The molecule has 0 spiro atoms. The Morgan fingerprint density at radius 2 is 1.14 bits per heavy atom. The van der Waals surface area contributed by atoms with Gasteiger partial charge >= 0.3 is 5.97 Å². The fraction of sp³-hybridized carbons (Fsp3) is 0.880. The van der Waals surface area contributed by atoms with Gasteiger partial charge in [0.25, 0.3) is 0 Å². The highest BCUT2D eigenvalue weighted by molar-refractivity contribution is 5.87. The van der Waals surface area contributed by atoms with Crippen LogP contribution in [0.15, 0.2) is 12.2 Å². The minimum Gasteiger partial charge on any atom is -0.459 e. The van der Waals surface area contributed by atoms with Gasteiger partial charge in [0, 0.05) is 5.57 Å². The monoisotopic (exact) mass is 398 g/mol. The minimum absolute atomic E-state index is 0.0175. The molecule has 0 aromatic heterocycles. The lowest BCUT2D eigenvalue weighted by Crippen LogP contribution is -2.18. The highest BCUT2D eigenvalue weighted by Gasteiger charge is 2.14. The summed E-state index contributed by atoms with van der Waals surface area (Å²) in [6, 6.07) is 0. The molecule has 0 aromatic rings. The van der Waals surface area contributed by atoms with E-state index in [0.717, 1.165) is 44.9 Å². The first-order valence-electron chi connectivity index (χ1n) is 12.0. The molecule has 28 heavy (non-hydrogen) atoms. The molecule has 2 nitrogen and oxygen atoms in total. The van der Waals surface area contributed by atoms with Crippen molar-refractivity contribution < 1.29 is 13.9 Å². The molecule has 0 aliphatic rings. The molecule has 0 radical (unpaired) electrons. The number of carbonyl (C=O) groups excluding carboxylic acids is 1. The van der Waals surface area contributed by atoms with E-state index in [1.54, 1.807) is 6.92 Å². The number of hydrogen-bond donors (Lipinski definition) is 0. The van der Waals surface area contributed by atoms with Crippen LogP contribution in [0.5, 0.6) is 0 Å². The second kappa shape index (κ2) is 20.9. The number of unbranched alkanes of at least 4 members (excludes halogenated alkanes) is 14. The van der Waals surface area contributed by atoms with Crippen LogP contribution in [-0.4, -0.2) is 18.7 Å². The van der Waals surface area contributed by atoms with Crippen LogP contribution in [0.3, 0.4) is 0 Å². The smallest absolute Gasteiger partial charge is 0.333 e. The average Bonchev–Trinajstić information content (AvgIpc) is 2.68. The van der Waals surface area contributed by atoms with Crippen molar-refractivity contribution in [3.63, 3.8) is 0 Å². The molecular weight excluding hydrogens is 351 g/mol. The Morgan fingerprint density at radius 3 is 1.54 bits per heavy atom. The molecule has 3 heteroatoms. The average molecular weight is 399 g/mol. The van der Waals surface area contributed by atoms with Gasteiger partial charge in [0.15, 0.2) is 0 Å². The molecular formula is C25H47FO2. The summed E-state index contributed by atoms with van der Waals surface area (Å²) in [5.74, 6) is -0.259. The van der Waals surface area contributed by atoms with Crippen LogP contribution in [0.1, 0.15) is 129 Å². The number of hydrogen-bond acceptors (Lipinski definition) is 2. The molecule has 0 saturated heterocycles. The molecule has 0 aliphatic carbocycles. The number of halogens is 1. The standard InChI is InChI=1S/C25H47FO2/c1-4-5-6-7-8-9-10-11-12-14-17-20-24(28-25(27)23(2)3)21-18-15-13-16-19-22-26/h24H,2,4-22H2,1,3H3. The maximum Gasteiger partial charge on any atom is 0.333 e. The summed E-state index contributed by atoms with van der Waals surface area (Å²) >= 11 is 0. The van der Waals surface area contributed by atoms with Crippen molar-refractivity contribution in [2.75, 3.05) is 6.67 Å².